The lowest BCUT2D eigenvalue weighted by molar-refractivity contribution is -0.114. The Kier molecular flexibility index (Phi) is 6.67. The molecule has 8 heteroatoms. The zero-order chi connectivity index (χ0) is 22.7. The molecule has 164 valence electrons. The van der Waals surface area contributed by atoms with Gasteiger partial charge in [0.1, 0.15) is 0 Å². The third kappa shape index (κ3) is 4.74. The maximum Gasteiger partial charge on any atom is 0.221 e. The van der Waals surface area contributed by atoms with Crippen molar-refractivity contribution in [1.82, 2.24) is 14.8 Å². The predicted molar refractivity (Wildman–Crippen MR) is 132 cm³/mol. The van der Waals surface area contributed by atoms with Crippen molar-refractivity contribution in [2.75, 3.05) is 10.6 Å². The first-order chi connectivity index (χ1) is 15.5. The highest BCUT2D eigenvalue weighted by Crippen LogP contribution is 2.38. The zero-order valence-electron chi connectivity index (χ0n) is 18.1. The summed E-state index contributed by atoms with van der Waals surface area (Å²) >= 11 is 7.73. The second-order valence-electron chi connectivity index (χ2n) is 7.40. The molecule has 0 aliphatic heterocycles. The topological polar surface area (TPSA) is 71.8 Å². The van der Waals surface area contributed by atoms with E-state index in [2.05, 4.69) is 38.4 Å². The maximum atomic E-state index is 11.9. The number of carbonyl (C=O) groups excluding carboxylic acids is 1. The molecule has 0 unspecified atom stereocenters. The highest BCUT2D eigenvalue weighted by Gasteiger charge is 2.16. The van der Waals surface area contributed by atoms with Crippen LogP contribution >= 0.6 is 23.4 Å². The van der Waals surface area contributed by atoms with Crippen LogP contribution in [0.3, 0.4) is 0 Å². The van der Waals surface area contributed by atoms with Gasteiger partial charge in [-0.2, -0.15) is 0 Å². The van der Waals surface area contributed by atoms with Gasteiger partial charge < -0.3 is 15.2 Å². The molecule has 1 aromatic heterocycles. The molecule has 3 aromatic carbocycles. The van der Waals surface area contributed by atoms with E-state index < -0.39 is 0 Å². The first-order valence-corrected chi connectivity index (χ1v) is 11.5. The molecule has 0 fully saturated rings. The van der Waals surface area contributed by atoms with Gasteiger partial charge in [0.2, 0.25) is 5.91 Å². The molecular weight excluding hydrogens is 442 g/mol. The van der Waals surface area contributed by atoms with Gasteiger partial charge in [-0.3, -0.25) is 4.79 Å². The second-order valence-corrected chi connectivity index (χ2v) is 8.82. The average Bonchev–Trinajstić information content (AvgIpc) is 3.17. The minimum atomic E-state index is -0.109. The van der Waals surface area contributed by atoms with Crippen molar-refractivity contribution < 1.29 is 4.79 Å². The van der Waals surface area contributed by atoms with Gasteiger partial charge in [-0.25, -0.2) is 0 Å². The van der Waals surface area contributed by atoms with Gasteiger partial charge in [0, 0.05) is 34.5 Å². The van der Waals surface area contributed by atoms with E-state index in [9.17, 15) is 4.79 Å². The van der Waals surface area contributed by atoms with Crippen molar-refractivity contribution in [3.05, 3.63) is 71.0 Å². The molecule has 4 aromatic rings. The Balaban J connectivity index is 1.61. The molecule has 0 saturated heterocycles. The number of nitrogens with one attached hydrogen (secondary N) is 2. The first kappa shape index (κ1) is 22.2. The standard InChI is InChI=1S/C24H24ClN5OS/c1-4-30-22(14-26-18-11-9-15(2)20(25)13-18)28-29-24(30)32-21-12-10-17-7-5-6-8-19(17)23(21)27-16(3)31/h5-13,26H,4,14H2,1-3H3,(H,27,31). The quantitative estimate of drug-likeness (QED) is 0.343. The van der Waals surface area contributed by atoms with Crippen LogP contribution in [0.5, 0.6) is 0 Å². The molecule has 1 amide bonds. The lowest BCUT2D eigenvalue weighted by atomic mass is 10.1. The Morgan fingerprint density at radius 3 is 2.69 bits per heavy atom. The molecular formula is C24H24ClN5OS. The third-order valence-electron chi connectivity index (χ3n) is 5.13. The molecule has 32 heavy (non-hydrogen) atoms. The summed E-state index contributed by atoms with van der Waals surface area (Å²) in [7, 11) is 0. The number of anilines is 2. The molecule has 2 N–H and O–H groups in total. The predicted octanol–water partition coefficient (Wildman–Crippen LogP) is 6.13. The summed E-state index contributed by atoms with van der Waals surface area (Å²) in [5.41, 5.74) is 2.76. The van der Waals surface area contributed by atoms with Crippen LogP contribution in [0.2, 0.25) is 5.02 Å². The van der Waals surface area contributed by atoms with Crippen LogP contribution in [0.1, 0.15) is 25.2 Å². The smallest absolute Gasteiger partial charge is 0.221 e. The van der Waals surface area contributed by atoms with E-state index in [4.69, 9.17) is 11.6 Å². The Morgan fingerprint density at radius 1 is 1.12 bits per heavy atom. The summed E-state index contributed by atoms with van der Waals surface area (Å²) < 4.78 is 2.07. The van der Waals surface area contributed by atoms with Gasteiger partial charge in [0.25, 0.3) is 0 Å². The summed E-state index contributed by atoms with van der Waals surface area (Å²) in [5, 5.41) is 18.7. The van der Waals surface area contributed by atoms with Crippen molar-refractivity contribution in [1.29, 1.82) is 0 Å². The molecule has 6 nitrogen and oxygen atoms in total. The number of hydrogen-bond donors (Lipinski definition) is 2. The van der Waals surface area contributed by atoms with E-state index in [0.29, 0.717) is 6.54 Å². The summed E-state index contributed by atoms with van der Waals surface area (Å²) in [6.07, 6.45) is 0. The Labute approximate surface area is 196 Å². The number of halogens is 1. The van der Waals surface area contributed by atoms with E-state index in [1.54, 1.807) is 0 Å². The maximum absolute atomic E-state index is 11.9. The molecule has 0 aliphatic carbocycles. The Hall–Kier alpha value is -3.03. The summed E-state index contributed by atoms with van der Waals surface area (Å²) in [4.78, 5) is 12.8. The van der Waals surface area contributed by atoms with E-state index in [0.717, 1.165) is 55.2 Å². The number of fused-ring (bicyclic) bond motifs is 1. The summed E-state index contributed by atoms with van der Waals surface area (Å²) in [6, 6.07) is 18.0. The average molecular weight is 466 g/mol. The molecule has 0 aliphatic rings. The van der Waals surface area contributed by atoms with E-state index in [-0.39, 0.29) is 5.91 Å². The number of aryl methyl sites for hydroxylation is 1. The van der Waals surface area contributed by atoms with Crippen molar-refractivity contribution in [2.45, 2.75) is 43.9 Å². The first-order valence-electron chi connectivity index (χ1n) is 10.4. The normalized spacial score (nSPS) is 11.0. The van der Waals surface area contributed by atoms with E-state index >= 15 is 0 Å². The monoisotopic (exact) mass is 465 g/mol. The lowest BCUT2D eigenvalue weighted by Gasteiger charge is -2.14. The van der Waals surface area contributed by atoms with E-state index in [1.807, 2.05) is 55.5 Å². The van der Waals surface area contributed by atoms with Crippen molar-refractivity contribution in [2.24, 2.45) is 0 Å². The number of aromatic nitrogens is 3. The van der Waals surface area contributed by atoms with Gasteiger partial charge in [0.15, 0.2) is 11.0 Å². The van der Waals surface area contributed by atoms with Crippen molar-refractivity contribution >= 4 is 51.4 Å². The number of nitrogens with zero attached hydrogens (tertiary/aromatic N) is 3. The number of benzene rings is 3. The Bertz CT molecular complexity index is 1290. The summed E-state index contributed by atoms with van der Waals surface area (Å²) in [6.45, 7) is 6.81. The van der Waals surface area contributed by atoms with Gasteiger partial charge in [0.05, 0.1) is 12.2 Å². The lowest BCUT2D eigenvalue weighted by Crippen LogP contribution is -2.09. The van der Waals surface area contributed by atoms with Crippen LogP contribution in [-0.4, -0.2) is 20.7 Å². The molecule has 0 radical (unpaired) electrons. The minimum Gasteiger partial charge on any atom is -0.378 e. The summed E-state index contributed by atoms with van der Waals surface area (Å²) in [5.74, 6) is 0.718. The van der Waals surface area contributed by atoms with Crippen LogP contribution in [0, 0.1) is 6.92 Å². The number of rotatable bonds is 7. The SMILES string of the molecule is CCn1c(CNc2ccc(C)c(Cl)c2)nnc1Sc1ccc2ccccc2c1NC(C)=O. The van der Waals surface area contributed by atoms with Crippen LogP contribution in [0.4, 0.5) is 11.4 Å². The van der Waals surface area contributed by atoms with Gasteiger partial charge in [-0.1, -0.05) is 48.0 Å². The van der Waals surface area contributed by atoms with Crippen LogP contribution in [0.15, 0.2) is 64.6 Å². The number of carbonyl (C=O) groups is 1. The molecule has 0 saturated carbocycles. The largest absolute Gasteiger partial charge is 0.378 e. The van der Waals surface area contributed by atoms with Gasteiger partial charge in [-0.05, 0) is 54.8 Å². The minimum absolute atomic E-state index is 0.109. The van der Waals surface area contributed by atoms with Gasteiger partial charge in [-0.15, -0.1) is 10.2 Å². The number of hydrogen-bond acceptors (Lipinski definition) is 5. The molecule has 1 heterocycles. The Morgan fingerprint density at radius 2 is 1.94 bits per heavy atom. The van der Waals surface area contributed by atoms with Crippen LogP contribution in [0.25, 0.3) is 10.8 Å². The molecule has 0 bridgehead atoms. The van der Waals surface area contributed by atoms with Crippen molar-refractivity contribution in [3.8, 4) is 0 Å². The van der Waals surface area contributed by atoms with Crippen LogP contribution < -0.4 is 10.6 Å². The number of amides is 1. The van der Waals surface area contributed by atoms with Gasteiger partial charge >= 0.3 is 0 Å². The van der Waals surface area contributed by atoms with Crippen LogP contribution in [-0.2, 0) is 17.9 Å². The fourth-order valence-corrected chi connectivity index (χ4v) is 4.67. The molecule has 0 atom stereocenters. The fraction of sp³-hybridized carbons (Fsp3) is 0.208. The second kappa shape index (κ2) is 9.63. The zero-order valence-corrected chi connectivity index (χ0v) is 19.7. The van der Waals surface area contributed by atoms with E-state index in [1.165, 1.54) is 18.7 Å². The fourth-order valence-electron chi connectivity index (χ4n) is 3.47. The highest BCUT2D eigenvalue weighted by molar-refractivity contribution is 7.99. The molecule has 4 rings (SSSR count). The third-order valence-corrected chi connectivity index (χ3v) is 6.58. The highest BCUT2D eigenvalue weighted by atomic mass is 35.5. The van der Waals surface area contributed by atoms with Crippen molar-refractivity contribution in [3.63, 3.8) is 0 Å². The molecule has 0 spiro atoms.